The number of aryl methyl sites for hydroxylation is 1. The summed E-state index contributed by atoms with van der Waals surface area (Å²) in [5, 5.41) is 1.61. The molecule has 0 N–H and O–H groups in total. The van der Waals surface area contributed by atoms with Crippen LogP contribution in [0.15, 0.2) is 58.4 Å². The van der Waals surface area contributed by atoms with Crippen LogP contribution in [0.5, 0.6) is 0 Å². The highest BCUT2D eigenvalue weighted by Gasteiger charge is 2.22. The second kappa shape index (κ2) is 7.29. The van der Waals surface area contributed by atoms with Gasteiger partial charge < -0.3 is 0 Å². The first-order chi connectivity index (χ1) is 12.6. The lowest BCUT2D eigenvalue weighted by atomic mass is 10.2. The molecular weight excluding hydrogens is 364 g/mol. The fourth-order valence-electron chi connectivity index (χ4n) is 3.34. The van der Waals surface area contributed by atoms with E-state index in [1.54, 1.807) is 16.3 Å². The fraction of sp³-hybridized carbons (Fsp3) is 0.238. The first-order valence-electron chi connectivity index (χ1n) is 8.71. The van der Waals surface area contributed by atoms with E-state index in [0.29, 0.717) is 0 Å². The van der Waals surface area contributed by atoms with Crippen molar-refractivity contribution in [2.24, 2.45) is 0 Å². The quantitative estimate of drug-likeness (QED) is 0.471. The molecular formula is C21H19ClN2OS. The van der Waals surface area contributed by atoms with Crippen molar-refractivity contribution in [1.29, 1.82) is 0 Å². The number of thioether (sulfide) groups is 1. The predicted molar refractivity (Wildman–Crippen MR) is 108 cm³/mol. The van der Waals surface area contributed by atoms with E-state index in [2.05, 4.69) is 4.98 Å². The minimum atomic E-state index is -0.187. The van der Waals surface area contributed by atoms with Crippen LogP contribution in [0.1, 0.15) is 28.8 Å². The molecule has 5 heteroatoms. The van der Waals surface area contributed by atoms with E-state index in [1.807, 2.05) is 55.5 Å². The summed E-state index contributed by atoms with van der Waals surface area (Å²) in [6.07, 6.45) is 2.98. The number of hydrogen-bond donors (Lipinski definition) is 0. The molecule has 1 aliphatic rings. The van der Waals surface area contributed by atoms with Crippen molar-refractivity contribution in [3.63, 3.8) is 0 Å². The number of rotatable bonds is 4. The summed E-state index contributed by atoms with van der Waals surface area (Å²) >= 11 is 7.59. The summed E-state index contributed by atoms with van der Waals surface area (Å²) in [5.74, 6) is 0.782. The van der Waals surface area contributed by atoms with Crippen LogP contribution >= 0.6 is 23.4 Å². The van der Waals surface area contributed by atoms with E-state index in [9.17, 15) is 4.79 Å². The highest BCUT2D eigenvalue weighted by molar-refractivity contribution is 7.98. The average molecular weight is 383 g/mol. The van der Waals surface area contributed by atoms with Gasteiger partial charge in [0.2, 0.25) is 0 Å². The van der Waals surface area contributed by atoms with Gasteiger partial charge in [-0.3, -0.25) is 4.57 Å². The molecule has 0 amide bonds. The smallest absolute Gasteiger partial charge is 0.265 e. The Hall–Kier alpha value is -2.04. The Balaban J connectivity index is 1.68. The van der Waals surface area contributed by atoms with Crippen molar-refractivity contribution in [3.8, 4) is 5.69 Å². The molecule has 0 unspecified atom stereocenters. The first kappa shape index (κ1) is 17.4. The van der Waals surface area contributed by atoms with E-state index < -0.39 is 0 Å². The Morgan fingerprint density at radius 2 is 1.81 bits per heavy atom. The third kappa shape index (κ3) is 3.44. The Kier molecular flexibility index (Phi) is 4.88. The van der Waals surface area contributed by atoms with Crippen LogP contribution in [0.25, 0.3) is 5.69 Å². The van der Waals surface area contributed by atoms with Crippen molar-refractivity contribution in [3.05, 3.63) is 86.4 Å². The molecule has 132 valence electrons. The third-order valence-electron chi connectivity index (χ3n) is 4.69. The maximum Gasteiger partial charge on any atom is 0.353 e. The normalized spacial score (nSPS) is 13.0. The van der Waals surface area contributed by atoms with Crippen molar-refractivity contribution in [2.75, 3.05) is 0 Å². The average Bonchev–Trinajstić information content (AvgIpc) is 3.12. The topological polar surface area (TPSA) is 34.9 Å². The third-order valence-corrected chi connectivity index (χ3v) is 6.03. The molecule has 0 bridgehead atoms. The molecule has 0 radical (unpaired) electrons. The first-order valence-corrected chi connectivity index (χ1v) is 10.1. The van der Waals surface area contributed by atoms with Crippen LogP contribution in [0.3, 0.4) is 0 Å². The highest BCUT2D eigenvalue weighted by Crippen LogP contribution is 2.32. The summed E-state index contributed by atoms with van der Waals surface area (Å²) in [4.78, 5) is 17.2. The molecule has 1 aliphatic carbocycles. The molecule has 0 aliphatic heterocycles. The SMILES string of the molecule is Cc1ccc(-n2c3c(c(SCc4ccc(Cl)cc4)nc2=O)CCC3)cc1. The van der Waals surface area contributed by atoms with Crippen LogP contribution in [-0.2, 0) is 18.6 Å². The lowest BCUT2D eigenvalue weighted by Crippen LogP contribution is -2.25. The predicted octanol–water partition coefficient (Wildman–Crippen LogP) is 4.98. The van der Waals surface area contributed by atoms with Gasteiger partial charge in [-0.1, -0.05) is 41.4 Å². The number of aromatic nitrogens is 2. The number of halogens is 1. The Morgan fingerprint density at radius 1 is 1.08 bits per heavy atom. The summed E-state index contributed by atoms with van der Waals surface area (Å²) in [7, 11) is 0. The molecule has 26 heavy (non-hydrogen) atoms. The summed E-state index contributed by atoms with van der Waals surface area (Å²) in [6, 6.07) is 15.9. The minimum absolute atomic E-state index is 0.187. The molecule has 1 heterocycles. The molecule has 0 saturated heterocycles. The monoisotopic (exact) mass is 382 g/mol. The lowest BCUT2D eigenvalue weighted by molar-refractivity contribution is 0.802. The second-order valence-electron chi connectivity index (χ2n) is 6.56. The molecule has 3 nitrogen and oxygen atoms in total. The summed E-state index contributed by atoms with van der Waals surface area (Å²) in [5.41, 5.74) is 5.42. The fourth-order valence-corrected chi connectivity index (χ4v) is 4.50. The lowest BCUT2D eigenvalue weighted by Gasteiger charge is -2.14. The van der Waals surface area contributed by atoms with Crippen LogP contribution in [0, 0.1) is 6.92 Å². The van der Waals surface area contributed by atoms with Gasteiger partial charge >= 0.3 is 5.69 Å². The Bertz CT molecular complexity index is 994. The van der Waals surface area contributed by atoms with Crippen LogP contribution < -0.4 is 5.69 Å². The van der Waals surface area contributed by atoms with Gasteiger partial charge in [-0.05, 0) is 56.0 Å². The summed E-state index contributed by atoms with van der Waals surface area (Å²) in [6.45, 7) is 2.05. The van der Waals surface area contributed by atoms with Crippen molar-refractivity contribution >= 4 is 23.4 Å². The maximum atomic E-state index is 12.8. The van der Waals surface area contributed by atoms with E-state index in [-0.39, 0.29) is 5.69 Å². The van der Waals surface area contributed by atoms with Crippen LogP contribution in [0.4, 0.5) is 0 Å². The van der Waals surface area contributed by atoms with E-state index in [1.165, 1.54) is 16.7 Å². The largest absolute Gasteiger partial charge is 0.353 e. The minimum Gasteiger partial charge on any atom is -0.265 e. The molecule has 1 aromatic heterocycles. The van der Waals surface area contributed by atoms with E-state index in [4.69, 9.17) is 11.6 Å². The van der Waals surface area contributed by atoms with Crippen molar-refractivity contribution in [2.45, 2.75) is 37.0 Å². The van der Waals surface area contributed by atoms with Gasteiger partial charge in [0.1, 0.15) is 5.03 Å². The highest BCUT2D eigenvalue weighted by atomic mass is 35.5. The molecule has 0 atom stereocenters. The molecule has 3 aromatic rings. The van der Waals surface area contributed by atoms with Crippen molar-refractivity contribution < 1.29 is 0 Å². The van der Waals surface area contributed by atoms with Gasteiger partial charge in [0.25, 0.3) is 0 Å². The van der Waals surface area contributed by atoms with Crippen molar-refractivity contribution in [1.82, 2.24) is 9.55 Å². The summed E-state index contributed by atoms with van der Waals surface area (Å²) < 4.78 is 1.79. The van der Waals surface area contributed by atoms with Gasteiger partial charge in [-0.2, -0.15) is 4.98 Å². The van der Waals surface area contributed by atoms with Crippen LogP contribution in [-0.4, -0.2) is 9.55 Å². The zero-order valence-electron chi connectivity index (χ0n) is 14.5. The Labute approximate surface area is 162 Å². The number of benzene rings is 2. The molecule has 4 rings (SSSR count). The zero-order valence-corrected chi connectivity index (χ0v) is 16.1. The number of nitrogens with zero attached hydrogens (tertiary/aromatic N) is 2. The van der Waals surface area contributed by atoms with E-state index in [0.717, 1.165) is 46.4 Å². The zero-order chi connectivity index (χ0) is 18.1. The molecule has 0 spiro atoms. The molecule has 0 saturated carbocycles. The number of hydrogen-bond acceptors (Lipinski definition) is 3. The van der Waals surface area contributed by atoms with Gasteiger partial charge in [0, 0.05) is 22.0 Å². The van der Waals surface area contributed by atoms with Gasteiger partial charge in [-0.15, -0.1) is 11.8 Å². The standard InChI is InChI=1S/C21H19ClN2OS/c1-14-5-11-17(12-6-14)24-19-4-2-3-18(19)20(23-21(24)25)26-13-15-7-9-16(22)10-8-15/h5-12H,2-4,13H2,1H3. The number of fused-ring (bicyclic) bond motifs is 1. The second-order valence-corrected chi connectivity index (χ2v) is 7.96. The van der Waals surface area contributed by atoms with Crippen LogP contribution in [0.2, 0.25) is 5.02 Å². The van der Waals surface area contributed by atoms with Gasteiger partial charge in [0.15, 0.2) is 0 Å². The Morgan fingerprint density at radius 3 is 2.54 bits per heavy atom. The molecule has 2 aromatic carbocycles. The van der Waals surface area contributed by atoms with Gasteiger partial charge in [0.05, 0.1) is 5.69 Å². The molecule has 0 fully saturated rings. The van der Waals surface area contributed by atoms with Gasteiger partial charge in [-0.25, -0.2) is 4.79 Å². The maximum absolute atomic E-state index is 12.8. The van der Waals surface area contributed by atoms with E-state index >= 15 is 0 Å².